The second-order valence-electron chi connectivity index (χ2n) is 5.38. The summed E-state index contributed by atoms with van der Waals surface area (Å²) < 4.78 is 0. The van der Waals surface area contributed by atoms with Gasteiger partial charge < -0.3 is 10.6 Å². The fourth-order valence-corrected chi connectivity index (χ4v) is 2.97. The first-order valence-electron chi connectivity index (χ1n) is 6.67. The van der Waals surface area contributed by atoms with Gasteiger partial charge in [0, 0.05) is 12.6 Å². The fraction of sp³-hybridized carbons (Fsp3) is 0.923. The van der Waals surface area contributed by atoms with Gasteiger partial charge in [-0.3, -0.25) is 4.79 Å². The van der Waals surface area contributed by atoms with Gasteiger partial charge in [-0.25, -0.2) is 0 Å². The maximum absolute atomic E-state index is 11.7. The molecule has 1 saturated heterocycles. The number of rotatable bonds is 6. The van der Waals surface area contributed by atoms with E-state index in [4.69, 9.17) is 0 Å². The van der Waals surface area contributed by atoms with Crippen LogP contribution in [0, 0.1) is 11.8 Å². The Morgan fingerprint density at radius 1 is 1.50 bits per heavy atom. The Bertz CT molecular complexity index is 239. The number of carbonyl (C=O) groups excluding carboxylic acids is 1. The standard InChI is InChI=1S/C13H26N2OS.ClH/c1-10(2)5-7-17-9-13(16)15-12-8-14-6-4-11(12)3;/h10-12,14H,4-9H2,1-3H3,(H,15,16);1H. The third kappa shape index (κ3) is 7.49. The number of nitrogens with one attached hydrogen (secondary N) is 2. The Kier molecular flexibility index (Phi) is 9.97. The number of hydrogen-bond donors (Lipinski definition) is 2. The minimum absolute atomic E-state index is 0. The lowest BCUT2D eigenvalue weighted by molar-refractivity contribution is -0.119. The summed E-state index contributed by atoms with van der Waals surface area (Å²) in [6.45, 7) is 8.66. The zero-order valence-corrected chi connectivity index (χ0v) is 13.3. The molecular weight excluding hydrogens is 268 g/mol. The smallest absolute Gasteiger partial charge is 0.230 e. The van der Waals surface area contributed by atoms with Crippen molar-refractivity contribution in [3.63, 3.8) is 0 Å². The van der Waals surface area contributed by atoms with Crippen LogP contribution in [0.5, 0.6) is 0 Å². The second kappa shape index (κ2) is 9.93. The van der Waals surface area contributed by atoms with Crippen molar-refractivity contribution in [3.8, 4) is 0 Å². The molecule has 1 aliphatic rings. The first-order chi connectivity index (χ1) is 8.09. The molecule has 0 saturated carbocycles. The van der Waals surface area contributed by atoms with Crippen LogP contribution in [0.3, 0.4) is 0 Å². The van der Waals surface area contributed by atoms with Crippen molar-refractivity contribution in [2.75, 3.05) is 24.6 Å². The highest BCUT2D eigenvalue weighted by Gasteiger charge is 2.22. The molecule has 1 amide bonds. The highest BCUT2D eigenvalue weighted by molar-refractivity contribution is 7.99. The van der Waals surface area contributed by atoms with Crippen LogP contribution in [0.1, 0.15) is 33.6 Å². The zero-order chi connectivity index (χ0) is 12.7. The minimum Gasteiger partial charge on any atom is -0.351 e. The van der Waals surface area contributed by atoms with Gasteiger partial charge in [-0.05, 0) is 37.0 Å². The van der Waals surface area contributed by atoms with E-state index in [9.17, 15) is 4.79 Å². The normalized spacial score (nSPS) is 23.6. The Balaban J connectivity index is 0.00000289. The molecule has 1 heterocycles. The minimum atomic E-state index is 0. The predicted molar refractivity (Wildman–Crippen MR) is 82.6 cm³/mol. The molecule has 0 radical (unpaired) electrons. The molecule has 2 unspecified atom stereocenters. The average Bonchev–Trinajstić information content (AvgIpc) is 2.27. The number of halogens is 1. The van der Waals surface area contributed by atoms with E-state index in [1.54, 1.807) is 11.8 Å². The van der Waals surface area contributed by atoms with Gasteiger partial charge in [0.05, 0.1) is 5.75 Å². The van der Waals surface area contributed by atoms with Crippen LogP contribution in [0.2, 0.25) is 0 Å². The molecule has 18 heavy (non-hydrogen) atoms. The maximum atomic E-state index is 11.7. The van der Waals surface area contributed by atoms with Crippen LogP contribution in [0.25, 0.3) is 0 Å². The average molecular weight is 295 g/mol. The maximum Gasteiger partial charge on any atom is 0.230 e. The summed E-state index contributed by atoms with van der Waals surface area (Å²) in [6.07, 6.45) is 2.35. The van der Waals surface area contributed by atoms with Crippen LogP contribution in [0.4, 0.5) is 0 Å². The molecule has 1 rings (SSSR count). The molecule has 0 aromatic rings. The summed E-state index contributed by atoms with van der Waals surface area (Å²) in [5, 5.41) is 6.47. The Hall–Kier alpha value is 0.0700. The molecule has 0 aliphatic carbocycles. The van der Waals surface area contributed by atoms with Gasteiger partial charge in [0.2, 0.25) is 5.91 Å². The topological polar surface area (TPSA) is 41.1 Å². The van der Waals surface area contributed by atoms with Crippen LogP contribution in [0.15, 0.2) is 0 Å². The SMILES string of the molecule is CC(C)CCSCC(=O)NC1CNCCC1C.Cl. The Morgan fingerprint density at radius 2 is 2.22 bits per heavy atom. The molecule has 1 aliphatic heterocycles. The molecule has 3 nitrogen and oxygen atoms in total. The van der Waals surface area contributed by atoms with Crippen LogP contribution in [-0.4, -0.2) is 36.5 Å². The second-order valence-corrected chi connectivity index (χ2v) is 6.48. The van der Waals surface area contributed by atoms with Crippen LogP contribution in [-0.2, 0) is 4.79 Å². The van der Waals surface area contributed by atoms with Gasteiger partial charge in [0.15, 0.2) is 0 Å². The first-order valence-corrected chi connectivity index (χ1v) is 7.83. The van der Waals surface area contributed by atoms with Crippen molar-refractivity contribution in [2.24, 2.45) is 11.8 Å². The van der Waals surface area contributed by atoms with Gasteiger partial charge in [0.1, 0.15) is 0 Å². The van der Waals surface area contributed by atoms with E-state index in [1.165, 1.54) is 6.42 Å². The van der Waals surface area contributed by atoms with E-state index in [-0.39, 0.29) is 18.3 Å². The van der Waals surface area contributed by atoms with Crippen molar-refractivity contribution in [3.05, 3.63) is 0 Å². The summed E-state index contributed by atoms with van der Waals surface area (Å²) in [5.74, 6) is 3.22. The fourth-order valence-electron chi connectivity index (χ4n) is 1.92. The lowest BCUT2D eigenvalue weighted by atomic mass is 9.95. The van der Waals surface area contributed by atoms with Crippen molar-refractivity contribution in [2.45, 2.75) is 39.7 Å². The molecule has 0 aromatic carbocycles. The predicted octanol–water partition coefficient (Wildman–Crippen LogP) is 2.30. The molecule has 0 aromatic heterocycles. The molecule has 0 spiro atoms. The van der Waals surface area contributed by atoms with Crippen LogP contribution >= 0.6 is 24.2 Å². The van der Waals surface area contributed by atoms with E-state index < -0.39 is 0 Å². The van der Waals surface area contributed by atoms with Gasteiger partial charge >= 0.3 is 0 Å². The van der Waals surface area contributed by atoms with Gasteiger partial charge in [-0.2, -0.15) is 11.8 Å². The van der Waals surface area contributed by atoms with Crippen molar-refractivity contribution < 1.29 is 4.79 Å². The number of hydrogen-bond acceptors (Lipinski definition) is 3. The van der Waals surface area contributed by atoms with E-state index in [0.717, 1.165) is 31.2 Å². The number of amides is 1. The van der Waals surface area contributed by atoms with Gasteiger partial charge in [0.25, 0.3) is 0 Å². The van der Waals surface area contributed by atoms with Gasteiger partial charge in [-0.15, -0.1) is 12.4 Å². The third-order valence-corrected chi connectivity index (χ3v) is 4.24. The molecular formula is C13H27ClN2OS. The van der Waals surface area contributed by atoms with E-state index in [0.29, 0.717) is 17.7 Å². The number of piperidine rings is 1. The monoisotopic (exact) mass is 294 g/mol. The number of thioether (sulfide) groups is 1. The third-order valence-electron chi connectivity index (χ3n) is 3.25. The Labute approximate surface area is 122 Å². The molecule has 1 fully saturated rings. The summed E-state index contributed by atoms with van der Waals surface area (Å²) >= 11 is 1.75. The molecule has 5 heteroatoms. The number of carbonyl (C=O) groups is 1. The van der Waals surface area contributed by atoms with Crippen LogP contribution < -0.4 is 10.6 Å². The van der Waals surface area contributed by atoms with Crippen molar-refractivity contribution >= 4 is 30.1 Å². The summed E-state index contributed by atoms with van der Waals surface area (Å²) in [7, 11) is 0. The quantitative estimate of drug-likeness (QED) is 0.739. The molecule has 0 bridgehead atoms. The largest absolute Gasteiger partial charge is 0.351 e. The van der Waals surface area contributed by atoms with E-state index in [1.807, 2.05) is 0 Å². The zero-order valence-electron chi connectivity index (χ0n) is 11.7. The highest BCUT2D eigenvalue weighted by Crippen LogP contribution is 2.12. The molecule has 2 atom stereocenters. The van der Waals surface area contributed by atoms with Crippen molar-refractivity contribution in [1.29, 1.82) is 0 Å². The summed E-state index contributed by atoms with van der Waals surface area (Å²) in [6, 6.07) is 0.321. The molecule has 108 valence electrons. The van der Waals surface area contributed by atoms with Gasteiger partial charge in [-0.1, -0.05) is 20.8 Å². The van der Waals surface area contributed by atoms with Crippen molar-refractivity contribution in [1.82, 2.24) is 10.6 Å². The first kappa shape index (κ1) is 18.1. The molecule has 2 N–H and O–H groups in total. The Morgan fingerprint density at radius 3 is 2.83 bits per heavy atom. The highest BCUT2D eigenvalue weighted by atomic mass is 35.5. The summed E-state index contributed by atoms with van der Waals surface area (Å²) in [4.78, 5) is 11.7. The summed E-state index contributed by atoms with van der Waals surface area (Å²) in [5.41, 5.74) is 0. The van der Waals surface area contributed by atoms with E-state index >= 15 is 0 Å². The lowest BCUT2D eigenvalue weighted by Gasteiger charge is -2.30. The lowest BCUT2D eigenvalue weighted by Crippen LogP contribution is -2.50. The van der Waals surface area contributed by atoms with E-state index in [2.05, 4.69) is 31.4 Å².